The van der Waals surface area contributed by atoms with E-state index in [1.807, 2.05) is 0 Å². The van der Waals surface area contributed by atoms with Gasteiger partial charge < -0.3 is 27.1 Å². The van der Waals surface area contributed by atoms with E-state index >= 15 is 0 Å². The van der Waals surface area contributed by atoms with Crippen LogP contribution in [0.4, 0.5) is 4.79 Å². The molecule has 0 aliphatic carbocycles. The zero-order chi connectivity index (χ0) is 32.1. The number of rotatable bonds is 34. The second-order valence-corrected chi connectivity index (χ2v) is 14.3. The van der Waals surface area contributed by atoms with Crippen molar-refractivity contribution in [3.63, 3.8) is 0 Å². The van der Waals surface area contributed by atoms with Gasteiger partial charge in [-0.15, -0.1) is 0 Å². The summed E-state index contributed by atoms with van der Waals surface area (Å²) < 4.78 is 1.25. The van der Waals surface area contributed by atoms with Gasteiger partial charge in [-0.3, -0.25) is 0 Å². The molecule has 5 heteroatoms. The highest BCUT2D eigenvalue weighted by Gasteiger charge is 2.13. The first-order valence-corrected chi connectivity index (χ1v) is 19.6. The number of carboxylic acid groups (broad SMARTS) is 2. The number of halogens is 1. The smallest absolute Gasteiger partial charge is 0.503 e. The molecule has 0 aliphatic rings. The van der Waals surface area contributed by atoms with Crippen LogP contribution >= 0.6 is 0 Å². The molecule has 0 spiro atoms. The van der Waals surface area contributed by atoms with Crippen LogP contribution in [0.5, 0.6) is 0 Å². The lowest BCUT2D eigenvalue weighted by Gasteiger charge is -2.30. The van der Waals surface area contributed by atoms with Gasteiger partial charge in [-0.2, -0.15) is 0 Å². The van der Waals surface area contributed by atoms with Crippen molar-refractivity contribution in [2.45, 2.75) is 219 Å². The Labute approximate surface area is 283 Å². The van der Waals surface area contributed by atoms with Crippen molar-refractivity contribution in [1.82, 2.24) is 0 Å². The molecule has 44 heavy (non-hydrogen) atoms. The molecule has 0 saturated heterocycles. The lowest BCUT2D eigenvalue weighted by molar-refractivity contribution is -0.890. The maximum absolute atomic E-state index is 8.56. The van der Waals surface area contributed by atoms with Gasteiger partial charge in [-0.05, 0) is 25.7 Å². The quantitative estimate of drug-likeness (QED) is 0.0539. The van der Waals surface area contributed by atoms with Crippen molar-refractivity contribution in [2.24, 2.45) is 0 Å². The zero-order valence-corrected chi connectivity index (χ0v) is 31.4. The fourth-order valence-corrected chi connectivity index (χ4v) is 6.29. The standard InChI is InChI=1S/C38H80N.CH2O3.ClH/c1-5-7-9-11-13-15-17-19-21-23-25-27-29-31-33-35-37-39(3,4)38-36-34-32-30-28-26-24-22-20-18-16-14-12-10-8-6-2;2-1(3)4;/h5-38H2,1-4H3;(H2,2,3,4);1H/q+1;;/p-1. The lowest BCUT2D eigenvalue weighted by Crippen LogP contribution is -3.00. The molecule has 0 saturated carbocycles. The summed E-state index contributed by atoms with van der Waals surface area (Å²) in [5.74, 6) is 0. The molecular weight excluding hydrogens is 566 g/mol. The predicted octanol–water partition coefficient (Wildman–Crippen LogP) is 10.8. The molecule has 0 unspecified atom stereocenters. The maximum Gasteiger partial charge on any atom is 0.503 e. The SMILES string of the molecule is CCCCCCCCCCCCCCCCCC[N+](C)(C)CCCCCCCCCCCCCCCCCC.O=C(O)O.[Cl-]. The fraction of sp³-hybridized carbons (Fsp3) is 0.974. The Bertz CT molecular complexity index is 487. The highest BCUT2D eigenvalue weighted by Crippen LogP contribution is 2.16. The summed E-state index contributed by atoms with van der Waals surface area (Å²) in [5.41, 5.74) is 0. The van der Waals surface area contributed by atoms with Gasteiger partial charge >= 0.3 is 6.16 Å². The molecular formula is C39H82ClNO3. The van der Waals surface area contributed by atoms with Gasteiger partial charge in [0.1, 0.15) is 0 Å². The first-order chi connectivity index (χ1) is 20.9. The molecule has 0 amide bonds. The summed E-state index contributed by atoms with van der Waals surface area (Å²) in [4.78, 5) is 8.56. The summed E-state index contributed by atoms with van der Waals surface area (Å²) >= 11 is 0. The average molecular weight is 649 g/mol. The van der Waals surface area contributed by atoms with Gasteiger partial charge in [0, 0.05) is 0 Å². The Morgan fingerprint density at radius 3 is 0.659 bits per heavy atom. The van der Waals surface area contributed by atoms with Crippen LogP contribution < -0.4 is 12.4 Å². The van der Waals surface area contributed by atoms with Gasteiger partial charge in [0.15, 0.2) is 0 Å². The van der Waals surface area contributed by atoms with Crippen molar-refractivity contribution in [3.05, 3.63) is 0 Å². The van der Waals surface area contributed by atoms with Crippen LogP contribution in [0, 0.1) is 0 Å². The molecule has 0 rings (SSSR count). The number of hydrogen-bond acceptors (Lipinski definition) is 1. The maximum atomic E-state index is 8.56. The summed E-state index contributed by atoms with van der Waals surface area (Å²) in [6.07, 6.45) is 45.1. The molecule has 4 nitrogen and oxygen atoms in total. The van der Waals surface area contributed by atoms with E-state index in [1.165, 1.54) is 223 Å². The minimum atomic E-state index is -1.83. The molecule has 0 bridgehead atoms. The molecule has 268 valence electrons. The molecule has 0 aromatic heterocycles. The van der Waals surface area contributed by atoms with Gasteiger partial charge in [-0.25, -0.2) is 4.79 Å². The predicted molar refractivity (Wildman–Crippen MR) is 192 cm³/mol. The van der Waals surface area contributed by atoms with E-state index in [1.54, 1.807) is 0 Å². The molecule has 0 fully saturated rings. The Morgan fingerprint density at radius 1 is 0.364 bits per heavy atom. The van der Waals surface area contributed by atoms with Crippen molar-refractivity contribution >= 4 is 6.16 Å². The van der Waals surface area contributed by atoms with E-state index in [0.717, 1.165) is 0 Å². The number of hydrogen-bond donors (Lipinski definition) is 2. The molecule has 0 heterocycles. The average Bonchev–Trinajstić information content (AvgIpc) is 2.96. The van der Waals surface area contributed by atoms with E-state index in [-0.39, 0.29) is 12.4 Å². The Balaban J connectivity index is -0.00000315. The molecule has 0 aromatic carbocycles. The van der Waals surface area contributed by atoms with Gasteiger partial charge in [0.05, 0.1) is 27.2 Å². The number of carbonyl (C=O) groups is 1. The highest BCUT2D eigenvalue weighted by atomic mass is 35.5. The minimum absolute atomic E-state index is 0. The third-order valence-electron chi connectivity index (χ3n) is 9.23. The zero-order valence-electron chi connectivity index (χ0n) is 30.7. The lowest BCUT2D eigenvalue weighted by atomic mass is 10.0. The van der Waals surface area contributed by atoms with Crippen molar-refractivity contribution < 1.29 is 31.9 Å². The molecule has 0 radical (unpaired) electrons. The van der Waals surface area contributed by atoms with E-state index in [9.17, 15) is 0 Å². The second-order valence-electron chi connectivity index (χ2n) is 14.3. The first-order valence-electron chi connectivity index (χ1n) is 19.6. The van der Waals surface area contributed by atoms with Crippen molar-refractivity contribution in [3.8, 4) is 0 Å². The van der Waals surface area contributed by atoms with Crippen molar-refractivity contribution in [1.29, 1.82) is 0 Å². The summed E-state index contributed by atoms with van der Waals surface area (Å²) in [6, 6.07) is 0. The largest absolute Gasteiger partial charge is 1.00 e. The Morgan fingerprint density at radius 2 is 0.500 bits per heavy atom. The van der Waals surface area contributed by atoms with Crippen LogP contribution in [0.25, 0.3) is 0 Å². The van der Waals surface area contributed by atoms with E-state index in [0.29, 0.717) is 0 Å². The molecule has 0 aromatic rings. The monoisotopic (exact) mass is 648 g/mol. The van der Waals surface area contributed by atoms with E-state index in [2.05, 4.69) is 27.9 Å². The van der Waals surface area contributed by atoms with Crippen LogP contribution in [0.15, 0.2) is 0 Å². The van der Waals surface area contributed by atoms with E-state index in [4.69, 9.17) is 15.0 Å². The van der Waals surface area contributed by atoms with Gasteiger partial charge in [-0.1, -0.05) is 194 Å². The Kier molecular flexibility index (Phi) is 44.2. The number of quaternary nitrogens is 1. The van der Waals surface area contributed by atoms with Crippen LogP contribution in [0.3, 0.4) is 0 Å². The summed E-state index contributed by atoms with van der Waals surface area (Å²) in [7, 11) is 4.94. The fourth-order valence-electron chi connectivity index (χ4n) is 6.29. The van der Waals surface area contributed by atoms with Crippen LogP contribution in [0.1, 0.15) is 219 Å². The number of unbranched alkanes of at least 4 members (excludes halogenated alkanes) is 30. The van der Waals surface area contributed by atoms with Crippen LogP contribution in [-0.2, 0) is 0 Å². The highest BCUT2D eigenvalue weighted by molar-refractivity contribution is 5.53. The Hall–Kier alpha value is -0.480. The summed E-state index contributed by atoms with van der Waals surface area (Å²) in [5, 5.41) is 13.9. The van der Waals surface area contributed by atoms with Crippen molar-refractivity contribution in [2.75, 3.05) is 27.2 Å². The van der Waals surface area contributed by atoms with Crippen LogP contribution in [0.2, 0.25) is 0 Å². The number of nitrogens with zero attached hydrogens (tertiary/aromatic N) is 1. The molecule has 0 atom stereocenters. The summed E-state index contributed by atoms with van der Waals surface area (Å²) in [6.45, 7) is 7.39. The third kappa shape index (κ3) is 48.4. The second kappa shape index (κ2) is 40.5. The normalized spacial score (nSPS) is 11.2. The van der Waals surface area contributed by atoms with Crippen LogP contribution in [-0.4, -0.2) is 48.0 Å². The van der Waals surface area contributed by atoms with Gasteiger partial charge in [0.25, 0.3) is 0 Å². The third-order valence-corrected chi connectivity index (χ3v) is 9.23. The molecule has 0 aliphatic heterocycles. The topological polar surface area (TPSA) is 57.5 Å². The van der Waals surface area contributed by atoms with E-state index < -0.39 is 6.16 Å². The molecule has 2 N–H and O–H groups in total. The minimum Gasteiger partial charge on any atom is -1.00 e. The van der Waals surface area contributed by atoms with Gasteiger partial charge in [0.2, 0.25) is 0 Å². The first kappa shape index (κ1) is 47.9.